The molecular formula is C9H10IN3. The molecule has 68 valence electrons. The molecule has 0 fully saturated rings. The SMILES string of the molecule is CC#CCCNc1ncncc1I. The van der Waals surface area contributed by atoms with Crippen molar-refractivity contribution in [2.45, 2.75) is 13.3 Å². The molecule has 1 aromatic rings. The molecule has 1 aromatic heterocycles. The van der Waals surface area contributed by atoms with Crippen LogP contribution < -0.4 is 5.32 Å². The Labute approximate surface area is 91.5 Å². The summed E-state index contributed by atoms with van der Waals surface area (Å²) >= 11 is 2.20. The highest BCUT2D eigenvalue weighted by Gasteiger charge is 1.97. The second kappa shape index (κ2) is 5.75. The monoisotopic (exact) mass is 287 g/mol. The van der Waals surface area contributed by atoms with Gasteiger partial charge >= 0.3 is 0 Å². The highest BCUT2D eigenvalue weighted by Crippen LogP contribution is 2.11. The summed E-state index contributed by atoms with van der Waals surface area (Å²) in [7, 11) is 0. The van der Waals surface area contributed by atoms with Crippen LogP contribution in [0.2, 0.25) is 0 Å². The third-order valence-corrected chi connectivity index (χ3v) is 2.18. The van der Waals surface area contributed by atoms with E-state index in [1.807, 2.05) is 6.92 Å². The van der Waals surface area contributed by atoms with E-state index >= 15 is 0 Å². The smallest absolute Gasteiger partial charge is 0.142 e. The van der Waals surface area contributed by atoms with Crippen LogP contribution in [0.15, 0.2) is 12.5 Å². The average molecular weight is 287 g/mol. The molecule has 1 N–H and O–H groups in total. The predicted octanol–water partition coefficient (Wildman–Crippen LogP) is 1.91. The quantitative estimate of drug-likeness (QED) is 0.524. The fourth-order valence-corrected chi connectivity index (χ4v) is 1.30. The molecule has 0 unspecified atom stereocenters. The molecule has 0 saturated heterocycles. The van der Waals surface area contributed by atoms with Gasteiger partial charge in [0.2, 0.25) is 0 Å². The lowest BCUT2D eigenvalue weighted by Crippen LogP contribution is -2.04. The molecule has 0 aliphatic heterocycles. The highest BCUT2D eigenvalue weighted by molar-refractivity contribution is 14.1. The van der Waals surface area contributed by atoms with Crippen LogP contribution in [0.25, 0.3) is 0 Å². The topological polar surface area (TPSA) is 37.8 Å². The van der Waals surface area contributed by atoms with Crippen molar-refractivity contribution in [1.29, 1.82) is 0 Å². The summed E-state index contributed by atoms with van der Waals surface area (Å²) in [5.41, 5.74) is 0. The van der Waals surface area contributed by atoms with Crippen LogP contribution in [-0.2, 0) is 0 Å². The van der Waals surface area contributed by atoms with Crippen molar-refractivity contribution in [3.05, 3.63) is 16.1 Å². The second-order valence-electron chi connectivity index (χ2n) is 2.32. The molecule has 0 aromatic carbocycles. The van der Waals surface area contributed by atoms with Crippen molar-refractivity contribution in [2.24, 2.45) is 0 Å². The normalized spacial score (nSPS) is 8.77. The van der Waals surface area contributed by atoms with Gasteiger partial charge < -0.3 is 5.32 Å². The van der Waals surface area contributed by atoms with Gasteiger partial charge in [-0.2, -0.15) is 0 Å². The molecular weight excluding hydrogens is 277 g/mol. The molecule has 0 amide bonds. The van der Waals surface area contributed by atoms with Crippen LogP contribution in [-0.4, -0.2) is 16.5 Å². The lowest BCUT2D eigenvalue weighted by atomic mass is 10.4. The molecule has 3 nitrogen and oxygen atoms in total. The van der Waals surface area contributed by atoms with Crippen molar-refractivity contribution in [3.8, 4) is 11.8 Å². The van der Waals surface area contributed by atoms with Crippen LogP contribution in [0.1, 0.15) is 13.3 Å². The first-order valence-electron chi connectivity index (χ1n) is 3.93. The molecule has 0 spiro atoms. The lowest BCUT2D eigenvalue weighted by Gasteiger charge is -2.03. The number of anilines is 1. The molecule has 13 heavy (non-hydrogen) atoms. The van der Waals surface area contributed by atoms with Gasteiger partial charge in [0.25, 0.3) is 0 Å². The van der Waals surface area contributed by atoms with E-state index in [0.29, 0.717) is 0 Å². The maximum Gasteiger partial charge on any atom is 0.142 e. The van der Waals surface area contributed by atoms with Crippen molar-refractivity contribution in [2.75, 3.05) is 11.9 Å². The van der Waals surface area contributed by atoms with Gasteiger partial charge in [-0.1, -0.05) is 0 Å². The van der Waals surface area contributed by atoms with Gasteiger partial charge in [0.1, 0.15) is 12.1 Å². The van der Waals surface area contributed by atoms with Gasteiger partial charge in [-0.15, -0.1) is 11.8 Å². The number of nitrogens with one attached hydrogen (secondary N) is 1. The van der Waals surface area contributed by atoms with Crippen molar-refractivity contribution < 1.29 is 0 Å². The minimum absolute atomic E-state index is 0.827. The van der Waals surface area contributed by atoms with Crippen LogP contribution in [0.3, 0.4) is 0 Å². The summed E-state index contributed by atoms with van der Waals surface area (Å²) in [6, 6.07) is 0. The van der Waals surface area contributed by atoms with Gasteiger partial charge in [-0.3, -0.25) is 0 Å². The number of hydrogen-bond acceptors (Lipinski definition) is 3. The van der Waals surface area contributed by atoms with E-state index in [-0.39, 0.29) is 0 Å². The van der Waals surface area contributed by atoms with E-state index in [9.17, 15) is 0 Å². The Hall–Kier alpha value is -0.830. The number of hydrogen-bond donors (Lipinski definition) is 1. The van der Waals surface area contributed by atoms with Gasteiger partial charge in [-0.25, -0.2) is 9.97 Å². The maximum atomic E-state index is 4.10. The molecule has 0 atom stereocenters. The van der Waals surface area contributed by atoms with Crippen molar-refractivity contribution >= 4 is 28.4 Å². The number of rotatable bonds is 3. The van der Waals surface area contributed by atoms with Gasteiger partial charge in [0, 0.05) is 19.2 Å². The molecule has 0 saturated carbocycles. The van der Waals surface area contributed by atoms with E-state index in [1.165, 1.54) is 6.33 Å². The minimum atomic E-state index is 0.827. The molecule has 1 rings (SSSR count). The first kappa shape index (κ1) is 10.3. The largest absolute Gasteiger partial charge is 0.368 e. The van der Waals surface area contributed by atoms with Gasteiger partial charge in [0.15, 0.2) is 0 Å². The number of halogens is 1. The Kier molecular flexibility index (Phi) is 4.54. The summed E-state index contributed by atoms with van der Waals surface area (Å²) in [6.45, 7) is 2.67. The zero-order chi connectivity index (χ0) is 9.52. The predicted molar refractivity (Wildman–Crippen MR) is 61.3 cm³/mol. The van der Waals surface area contributed by atoms with E-state index in [1.54, 1.807) is 6.20 Å². The molecule has 1 heterocycles. The lowest BCUT2D eigenvalue weighted by molar-refractivity contribution is 1.05. The Balaban J connectivity index is 2.44. The number of aromatic nitrogens is 2. The van der Waals surface area contributed by atoms with E-state index in [4.69, 9.17) is 0 Å². The van der Waals surface area contributed by atoms with E-state index in [2.05, 4.69) is 49.7 Å². The Morgan fingerprint density at radius 3 is 3.15 bits per heavy atom. The zero-order valence-electron chi connectivity index (χ0n) is 7.34. The zero-order valence-corrected chi connectivity index (χ0v) is 9.50. The molecule has 0 aliphatic carbocycles. The first-order chi connectivity index (χ1) is 6.34. The van der Waals surface area contributed by atoms with Crippen LogP contribution in [0.5, 0.6) is 0 Å². The fourth-order valence-electron chi connectivity index (χ4n) is 0.811. The first-order valence-corrected chi connectivity index (χ1v) is 5.01. The van der Waals surface area contributed by atoms with E-state index in [0.717, 1.165) is 22.4 Å². The third kappa shape index (κ3) is 3.59. The standard InChI is InChI=1S/C9H10IN3/c1-2-3-4-5-12-9-8(10)6-11-7-13-9/h6-7H,4-5H2,1H3,(H,11,12,13). The summed E-state index contributed by atoms with van der Waals surface area (Å²) < 4.78 is 1.03. The third-order valence-electron chi connectivity index (χ3n) is 1.39. The maximum absolute atomic E-state index is 4.10. The summed E-state index contributed by atoms with van der Waals surface area (Å²) in [5.74, 6) is 6.71. The van der Waals surface area contributed by atoms with Crippen molar-refractivity contribution in [3.63, 3.8) is 0 Å². The molecule has 0 radical (unpaired) electrons. The number of nitrogens with zero attached hydrogens (tertiary/aromatic N) is 2. The molecule has 4 heteroatoms. The fraction of sp³-hybridized carbons (Fsp3) is 0.333. The highest BCUT2D eigenvalue weighted by atomic mass is 127. The summed E-state index contributed by atoms with van der Waals surface area (Å²) in [5, 5.41) is 3.19. The molecule has 0 aliphatic rings. The average Bonchev–Trinajstić information content (AvgIpc) is 2.15. The minimum Gasteiger partial charge on any atom is -0.368 e. The van der Waals surface area contributed by atoms with Crippen LogP contribution in [0, 0.1) is 15.4 Å². The van der Waals surface area contributed by atoms with Crippen LogP contribution in [0.4, 0.5) is 5.82 Å². The van der Waals surface area contributed by atoms with Gasteiger partial charge in [0.05, 0.1) is 3.57 Å². The molecule has 0 bridgehead atoms. The van der Waals surface area contributed by atoms with Crippen LogP contribution >= 0.6 is 22.6 Å². The van der Waals surface area contributed by atoms with E-state index < -0.39 is 0 Å². The Morgan fingerprint density at radius 1 is 1.62 bits per heavy atom. The summed E-state index contributed by atoms with van der Waals surface area (Å²) in [4.78, 5) is 8.00. The van der Waals surface area contributed by atoms with Gasteiger partial charge in [-0.05, 0) is 29.5 Å². The second-order valence-corrected chi connectivity index (χ2v) is 3.49. The van der Waals surface area contributed by atoms with Crippen molar-refractivity contribution in [1.82, 2.24) is 9.97 Å². The Morgan fingerprint density at radius 2 is 2.46 bits per heavy atom. The summed E-state index contributed by atoms with van der Waals surface area (Å²) in [6.07, 6.45) is 4.16. The Bertz CT molecular complexity index is 327.